The quantitative estimate of drug-likeness (QED) is 0.760. The third kappa shape index (κ3) is 4.46. The number of esters is 2. The summed E-state index contributed by atoms with van der Waals surface area (Å²) in [5.74, 6) is -1.68. The average Bonchev–Trinajstić information content (AvgIpc) is 2.71. The summed E-state index contributed by atoms with van der Waals surface area (Å²) >= 11 is 0. The minimum absolute atomic E-state index is 0.0150. The minimum atomic E-state index is -0.693. The summed E-state index contributed by atoms with van der Waals surface area (Å²) in [6, 6.07) is 6.97. The van der Waals surface area contributed by atoms with Crippen LogP contribution in [0.3, 0.4) is 0 Å². The molecule has 8 heteroatoms. The summed E-state index contributed by atoms with van der Waals surface area (Å²) in [4.78, 5) is 38.3. The maximum Gasteiger partial charge on any atom is 0.355 e. The largest absolute Gasteiger partial charge is 0.466 e. The van der Waals surface area contributed by atoms with E-state index in [2.05, 4.69) is 5.32 Å². The molecule has 0 bridgehead atoms. The van der Waals surface area contributed by atoms with Gasteiger partial charge < -0.3 is 24.4 Å². The number of ether oxygens (including phenoxy) is 3. The van der Waals surface area contributed by atoms with E-state index >= 15 is 0 Å². The maximum atomic E-state index is 12.4. The van der Waals surface area contributed by atoms with E-state index in [1.54, 1.807) is 24.3 Å². The van der Waals surface area contributed by atoms with Crippen LogP contribution < -0.4 is 10.2 Å². The van der Waals surface area contributed by atoms with Crippen molar-refractivity contribution in [1.29, 1.82) is 0 Å². The van der Waals surface area contributed by atoms with E-state index in [0.29, 0.717) is 17.8 Å². The molecule has 0 aromatic heterocycles. The molecule has 1 unspecified atom stereocenters. The van der Waals surface area contributed by atoms with Crippen LogP contribution in [0.5, 0.6) is 0 Å². The fourth-order valence-electron chi connectivity index (χ4n) is 2.59. The molecule has 1 aliphatic heterocycles. The summed E-state index contributed by atoms with van der Waals surface area (Å²) in [6.07, 6.45) is 0.695. The highest BCUT2D eigenvalue weighted by atomic mass is 16.5. The van der Waals surface area contributed by atoms with E-state index in [4.69, 9.17) is 14.2 Å². The van der Waals surface area contributed by atoms with Crippen molar-refractivity contribution in [2.75, 3.05) is 37.8 Å². The summed E-state index contributed by atoms with van der Waals surface area (Å²) in [5.41, 5.74) is 1.09. The summed E-state index contributed by atoms with van der Waals surface area (Å²) < 4.78 is 15.1. The van der Waals surface area contributed by atoms with Crippen molar-refractivity contribution in [1.82, 2.24) is 0 Å². The fraction of sp³-hybridized carbons (Fsp3) is 0.421. The van der Waals surface area contributed by atoms with Crippen molar-refractivity contribution in [2.24, 2.45) is 5.92 Å². The molecular weight excluding hydrogens is 352 g/mol. The Morgan fingerprint density at radius 2 is 1.85 bits per heavy atom. The first-order valence-electron chi connectivity index (χ1n) is 8.59. The lowest BCUT2D eigenvalue weighted by Gasteiger charge is -2.32. The third-order valence-electron chi connectivity index (χ3n) is 4.35. The van der Waals surface area contributed by atoms with E-state index < -0.39 is 11.9 Å². The van der Waals surface area contributed by atoms with Gasteiger partial charge in [0.15, 0.2) is 0 Å². The minimum Gasteiger partial charge on any atom is -0.466 e. The number of carbonyl (C=O) groups excluding carboxylic acids is 3. The maximum absolute atomic E-state index is 12.4. The number of nitrogens with zero attached hydrogens (tertiary/aromatic N) is 1. The Balaban J connectivity index is 2.51. The van der Waals surface area contributed by atoms with Gasteiger partial charge in [-0.25, -0.2) is 9.59 Å². The van der Waals surface area contributed by atoms with Gasteiger partial charge in [0.25, 0.3) is 0 Å². The predicted octanol–water partition coefficient (Wildman–Crippen LogP) is 2.07. The zero-order chi connectivity index (χ0) is 20.0. The van der Waals surface area contributed by atoms with Gasteiger partial charge >= 0.3 is 11.9 Å². The Hall–Kier alpha value is -2.87. The number of carbonyl (C=O) groups is 3. The van der Waals surface area contributed by atoms with Crippen LogP contribution in [-0.2, 0) is 28.6 Å². The van der Waals surface area contributed by atoms with Crippen LogP contribution in [0.4, 0.5) is 11.4 Å². The molecule has 1 heterocycles. The van der Waals surface area contributed by atoms with Gasteiger partial charge in [-0.1, -0.05) is 26.0 Å². The highest BCUT2D eigenvalue weighted by Gasteiger charge is 2.33. The second-order valence-electron chi connectivity index (χ2n) is 6.03. The Labute approximate surface area is 158 Å². The number of hydrogen-bond acceptors (Lipinski definition) is 7. The van der Waals surface area contributed by atoms with Gasteiger partial charge in [0.1, 0.15) is 12.4 Å². The Kier molecular flexibility index (Phi) is 6.95. The van der Waals surface area contributed by atoms with E-state index in [9.17, 15) is 14.4 Å². The van der Waals surface area contributed by atoms with Crippen LogP contribution in [0, 0.1) is 5.92 Å². The van der Waals surface area contributed by atoms with Gasteiger partial charge in [0.05, 0.1) is 37.8 Å². The van der Waals surface area contributed by atoms with Crippen LogP contribution in [-0.4, -0.2) is 45.4 Å². The monoisotopic (exact) mass is 376 g/mol. The molecule has 0 saturated carbocycles. The first-order valence-corrected chi connectivity index (χ1v) is 8.59. The molecule has 27 heavy (non-hydrogen) atoms. The number of methoxy groups -OCH3 is 2. The molecule has 1 atom stereocenters. The lowest BCUT2D eigenvalue weighted by molar-refractivity contribution is -0.140. The van der Waals surface area contributed by atoms with Gasteiger partial charge in [0, 0.05) is 5.92 Å². The molecule has 8 nitrogen and oxygen atoms in total. The molecule has 0 spiro atoms. The van der Waals surface area contributed by atoms with Gasteiger partial charge in [-0.2, -0.15) is 0 Å². The third-order valence-corrected chi connectivity index (χ3v) is 4.35. The average molecular weight is 376 g/mol. The zero-order valence-corrected chi connectivity index (χ0v) is 15.9. The van der Waals surface area contributed by atoms with Gasteiger partial charge in [-0.15, -0.1) is 0 Å². The molecule has 0 radical (unpaired) electrons. The number of rotatable bonds is 6. The molecule has 1 aromatic rings. The van der Waals surface area contributed by atoms with Gasteiger partial charge in [-0.3, -0.25) is 4.79 Å². The van der Waals surface area contributed by atoms with Crippen molar-refractivity contribution in [2.45, 2.75) is 20.3 Å². The van der Waals surface area contributed by atoms with Crippen molar-refractivity contribution in [3.63, 3.8) is 0 Å². The normalized spacial score (nSPS) is 15.2. The standard InChI is InChI=1S/C19H24N2O6/c1-5-12(2)17(22)20-14-8-6-7-9-15(14)21-11-27-10-13(18(23)25-3)16(21)19(24)26-4/h6-9,12H,5,10-11H2,1-4H3,(H,20,22). The molecule has 0 fully saturated rings. The molecular formula is C19H24N2O6. The van der Waals surface area contributed by atoms with E-state index in [1.165, 1.54) is 19.1 Å². The highest BCUT2D eigenvalue weighted by molar-refractivity contribution is 6.05. The Morgan fingerprint density at radius 3 is 2.48 bits per heavy atom. The first kappa shape index (κ1) is 20.4. The molecule has 2 rings (SSSR count). The number of nitrogens with one attached hydrogen (secondary N) is 1. The lowest BCUT2D eigenvalue weighted by Crippen LogP contribution is -2.39. The SMILES string of the molecule is CCC(C)C(=O)Nc1ccccc1N1COCC(C(=O)OC)=C1C(=O)OC. The molecule has 1 amide bonds. The summed E-state index contributed by atoms with van der Waals surface area (Å²) in [6.45, 7) is 3.70. The molecule has 146 valence electrons. The van der Waals surface area contributed by atoms with Crippen LogP contribution in [0.1, 0.15) is 20.3 Å². The second kappa shape index (κ2) is 9.18. The highest BCUT2D eigenvalue weighted by Crippen LogP contribution is 2.32. The van der Waals surface area contributed by atoms with Gasteiger partial charge in [-0.05, 0) is 18.6 Å². The van der Waals surface area contributed by atoms with Crippen molar-refractivity contribution in [3.05, 3.63) is 35.5 Å². The Morgan fingerprint density at radius 1 is 1.19 bits per heavy atom. The van der Waals surface area contributed by atoms with Crippen LogP contribution >= 0.6 is 0 Å². The topological polar surface area (TPSA) is 94.2 Å². The smallest absolute Gasteiger partial charge is 0.355 e. The molecule has 1 aromatic carbocycles. The first-order chi connectivity index (χ1) is 12.9. The molecule has 0 aliphatic carbocycles. The summed E-state index contributed by atoms with van der Waals surface area (Å²) in [5, 5.41) is 2.87. The lowest BCUT2D eigenvalue weighted by atomic mass is 10.1. The molecule has 1 N–H and O–H groups in total. The van der Waals surface area contributed by atoms with E-state index in [-0.39, 0.29) is 36.4 Å². The summed E-state index contributed by atoms with van der Waals surface area (Å²) in [7, 11) is 2.46. The number of amides is 1. The zero-order valence-electron chi connectivity index (χ0n) is 15.9. The number of para-hydroxylation sites is 2. The number of hydrogen-bond donors (Lipinski definition) is 1. The van der Waals surface area contributed by atoms with Crippen LogP contribution in [0.25, 0.3) is 0 Å². The van der Waals surface area contributed by atoms with E-state index in [1.807, 2.05) is 13.8 Å². The fourth-order valence-corrected chi connectivity index (χ4v) is 2.59. The van der Waals surface area contributed by atoms with Crippen LogP contribution in [0.15, 0.2) is 35.5 Å². The van der Waals surface area contributed by atoms with Crippen molar-refractivity contribution >= 4 is 29.2 Å². The Bertz CT molecular complexity index is 758. The van der Waals surface area contributed by atoms with E-state index in [0.717, 1.165) is 0 Å². The van der Waals surface area contributed by atoms with Gasteiger partial charge in [0.2, 0.25) is 5.91 Å². The van der Waals surface area contributed by atoms with Crippen LogP contribution in [0.2, 0.25) is 0 Å². The number of benzene rings is 1. The number of anilines is 2. The molecule has 0 saturated heterocycles. The second-order valence-corrected chi connectivity index (χ2v) is 6.03. The van der Waals surface area contributed by atoms with Crippen molar-refractivity contribution < 1.29 is 28.6 Å². The molecule has 1 aliphatic rings. The van der Waals surface area contributed by atoms with Crippen molar-refractivity contribution in [3.8, 4) is 0 Å². The predicted molar refractivity (Wildman–Crippen MR) is 98.9 cm³/mol.